The van der Waals surface area contributed by atoms with Gasteiger partial charge in [0.05, 0.1) is 6.04 Å². The molecule has 0 bridgehead atoms. The lowest BCUT2D eigenvalue weighted by molar-refractivity contribution is -0.141. The average Bonchev–Trinajstić information content (AvgIpc) is 2.63. The van der Waals surface area contributed by atoms with E-state index in [9.17, 15) is 14.4 Å². The molecule has 1 aliphatic carbocycles. The fourth-order valence-electron chi connectivity index (χ4n) is 3.83. The summed E-state index contributed by atoms with van der Waals surface area (Å²) < 4.78 is 0. The number of nitrogens with zero attached hydrogens (tertiary/aromatic N) is 2. The van der Waals surface area contributed by atoms with Gasteiger partial charge in [0.2, 0.25) is 11.8 Å². The van der Waals surface area contributed by atoms with Gasteiger partial charge in [-0.3, -0.25) is 24.8 Å². The highest BCUT2D eigenvalue weighted by Gasteiger charge is 2.45. The number of hydrogen-bond donors (Lipinski definition) is 1. The first-order valence-corrected chi connectivity index (χ1v) is 9.26. The van der Waals surface area contributed by atoms with Crippen LogP contribution in [0.25, 0.3) is 0 Å². The number of rotatable bonds is 4. The highest BCUT2D eigenvalue weighted by molar-refractivity contribution is 6.27. The zero-order valence-corrected chi connectivity index (χ0v) is 15.3. The van der Waals surface area contributed by atoms with Crippen molar-refractivity contribution in [1.82, 2.24) is 10.2 Å². The molecular weight excluding hydrogens is 330 g/mol. The predicted octanol–water partition coefficient (Wildman–Crippen LogP) is 3.24. The molecule has 1 aliphatic heterocycles. The Kier molecular flexibility index (Phi) is 5.49. The largest absolute Gasteiger partial charge is 0.331 e. The summed E-state index contributed by atoms with van der Waals surface area (Å²) in [7, 11) is 0. The van der Waals surface area contributed by atoms with Crippen molar-refractivity contribution in [3.8, 4) is 0 Å². The zero-order valence-electron chi connectivity index (χ0n) is 15.3. The van der Waals surface area contributed by atoms with Gasteiger partial charge in [-0.05, 0) is 32.3 Å². The summed E-state index contributed by atoms with van der Waals surface area (Å²) in [5.74, 6) is -2.04. The number of barbiturate groups is 1. The van der Waals surface area contributed by atoms with Crippen LogP contribution in [0, 0.1) is 5.92 Å². The monoisotopic (exact) mass is 355 g/mol. The van der Waals surface area contributed by atoms with Crippen molar-refractivity contribution in [3.05, 3.63) is 35.9 Å². The van der Waals surface area contributed by atoms with E-state index in [1.54, 1.807) is 6.92 Å². The Labute approximate surface area is 153 Å². The Morgan fingerprint density at radius 3 is 2.42 bits per heavy atom. The third-order valence-corrected chi connectivity index (χ3v) is 5.23. The molecule has 3 rings (SSSR count). The molecule has 1 unspecified atom stereocenters. The molecule has 26 heavy (non-hydrogen) atoms. The van der Waals surface area contributed by atoms with Crippen molar-refractivity contribution >= 4 is 23.6 Å². The van der Waals surface area contributed by atoms with Crippen molar-refractivity contribution in [2.45, 2.75) is 58.0 Å². The van der Waals surface area contributed by atoms with Gasteiger partial charge in [-0.15, -0.1) is 0 Å². The second-order valence-corrected chi connectivity index (χ2v) is 7.08. The van der Waals surface area contributed by atoms with Crippen LogP contribution in [-0.2, 0) is 9.59 Å². The van der Waals surface area contributed by atoms with Crippen molar-refractivity contribution in [2.75, 3.05) is 0 Å². The molecule has 2 fully saturated rings. The highest BCUT2D eigenvalue weighted by Crippen LogP contribution is 2.27. The first-order chi connectivity index (χ1) is 12.5. The lowest BCUT2D eigenvalue weighted by Crippen LogP contribution is -2.62. The van der Waals surface area contributed by atoms with Crippen LogP contribution in [0.15, 0.2) is 35.3 Å². The van der Waals surface area contributed by atoms with Gasteiger partial charge < -0.3 is 0 Å². The fraction of sp³-hybridized carbons (Fsp3) is 0.500. The summed E-state index contributed by atoms with van der Waals surface area (Å²) in [6.45, 7) is 3.62. The molecular formula is C20H25N3O3. The maximum atomic E-state index is 13.0. The summed E-state index contributed by atoms with van der Waals surface area (Å²) in [5, 5.41) is 2.35. The molecule has 2 atom stereocenters. The minimum absolute atomic E-state index is 0.119. The predicted molar refractivity (Wildman–Crippen MR) is 98.7 cm³/mol. The Balaban J connectivity index is 1.82. The number of amides is 4. The first-order valence-electron chi connectivity index (χ1n) is 9.26. The molecule has 138 valence electrons. The Morgan fingerprint density at radius 2 is 1.77 bits per heavy atom. The molecule has 1 heterocycles. The smallest absolute Gasteiger partial charge is 0.285 e. The normalized spacial score (nSPS) is 23.8. The Hall–Kier alpha value is -2.50. The number of nitrogens with one attached hydrogen (secondary N) is 1. The molecule has 6 nitrogen and oxygen atoms in total. The van der Waals surface area contributed by atoms with Gasteiger partial charge in [0.25, 0.3) is 0 Å². The van der Waals surface area contributed by atoms with Crippen LogP contribution in [0.4, 0.5) is 4.79 Å². The Morgan fingerprint density at radius 1 is 1.12 bits per heavy atom. The lowest BCUT2D eigenvalue weighted by atomic mass is 9.91. The molecule has 0 radical (unpaired) electrons. The maximum Gasteiger partial charge on any atom is 0.331 e. The number of urea groups is 1. The van der Waals surface area contributed by atoms with Gasteiger partial charge >= 0.3 is 6.03 Å². The summed E-state index contributed by atoms with van der Waals surface area (Å²) in [4.78, 5) is 43.4. The summed E-state index contributed by atoms with van der Waals surface area (Å²) in [6.07, 6.45) is 4.72. The molecule has 1 aromatic rings. The lowest BCUT2D eigenvalue weighted by Gasteiger charge is -2.37. The maximum absolute atomic E-state index is 13.0. The number of carbonyl (C=O) groups is 3. The Bertz CT molecular complexity index is 723. The number of aliphatic imine (C=N–C) groups is 1. The van der Waals surface area contributed by atoms with Crippen LogP contribution >= 0.6 is 0 Å². The van der Waals surface area contributed by atoms with Crippen LogP contribution in [-0.4, -0.2) is 34.5 Å². The van der Waals surface area contributed by atoms with Gasteiger partial charge in [-0.2, -0.15) is 0 Å². The van der Waals surface area contributed by atoms with Crippen LogP contribution < -0.4 is 5.32 Å². The standard InChI is InChI=1S/C20H25N3O3/c1-13(15-9-5-3-6-10-15)21-14(2)17-18(24)22-20(26)23(19(17)25)16-11-7-4-8-12-16/h3,5-6,9-10,13,16-17H,4,7-8,11-12H2,1-2H3,(H,22,24,26)/t13-,17?/m0/s1. The van der Waals surface area contributed by atoms with Crippen molar-refractivity contribution < 1.29 is 14.4 Å². The van der Waals surface area contributed by atoms with E-state index in [1.165, 1.54) is 4.90 Å². The van der Waals surface area contributed by atoms with E-state index >= 15 is 0 Å². The van der Waals surface area contributed by atoms with E-state index in [-0.39, 0.29) is 12.1 Å². The van der Waals surface area contributed by atoms with Gasteiger partial charge in [0.1, 0.15) is 0 Å². The van der Waals surface area contributed by atoms with Crippen LogP contribution in [0.3, 0.4) is 0 Å². The van der Waals surface area contributed by atoms with Gasteiger partial charge in [-0.25, -0.2) is 4.79 Å². The molecule has 2 aliphatic rings. The molecule has 0 aromatic heterocycles. The minimum Gasteiger partial charge on any atom is -0.285 e. The number of imide groups is 2. The molecule has 1 saturated heterocycles. The third kappa shape index (κ3) is 3.69. The highest BCUT2D eigenvalue weighted by atomic mass is 16.2. The quantitative estimate of drug-likeness (QED) is 0.665. The van der Waals surface area contributed by atoms with Crippen molar-refractivity contribution in [3.63, 3.8) is 0 Å². The van der Waals surface area contributed by atoms with Gasteiger partial charge in [-0.1, -0.05) is 49.6 Å². The van der Waals surface area contributed by atoms with E-state index in [2.05, 4.69) is 10.3 Å². The van der Waals surface area contributed by atoms with E-state index in [0.29, 0.717) is 5.71 Å². The van der Waals surface area contributed by atoms with Crippen molar-refractivity contribution in [1.29, 1.82) is 0 Å². The van der Waals surface area contributed by atoms with Crippen LogP contribution in [0.2, 0.25) is 0 Å². The summed E-state index contributed by atoms with van der Waals surface area (Å²) in [5.41, 5.74) is 1.45. The van der Waals surface area contributed by atoms with Gasteiger partial charge in [0, 0.05) is 11.8 Å². The van der Waals surface area contributed by atoms with E-state index in [4.69, 9.17) is 0 Å². The average molecular weight is 355 g/mol. The molecule has 0 spiro atoms. The second-order valence-electron chi connectivity index (χ2n) is 7.08. The van der Waals surface area contributed by atoms with Gasteiger partial charge in [0.15, 0.2) is 5.92 Å². The zero-order chi connectivity index (χ0) is 18.7. The number of hydrogen-bond acceptors (Lipinski definition) is 4. The third-order valence-electron chi connectivity index (χ3n) is 5.23. The molecule has 1 saturated carbocycles. The van der Waals surface area contributed by atoms with Crippen molar-refractivity contribution in [2.24, 2.45) is 10.9 Å². The first kappa shape index (κ1) is 18.3. The SMILES string of the molecule is CC(=N[C@@H](C)c1ccccc1)C1C(=O)NC(=O)N(C2CCCCC2)C1=O. The number of benzene rings is 1. The molecule has 6 heteroatoms. The van der Waals surface area contributed by atoms with E-state index < -0.39 is 23.8 Å². The van der Waals surface area contributed by atoms with Crippen LogP contribution in [0.1, 0.15) is 57.6 Å². The van der Waals surface area contributed by atoms with E-state index in [1.807, 2.05) is 37.3 Å². The van der Waals surface area contributed by atoms with Crippen LogP contribution in [0.5, 0.6) is 0 Å². The minimum atomic E-state index is -1.03. The number of carbonyl (C=O) groups excluding carboxylic acids is 3. The molecule has 4 amide bonds. The molecule has 1 N–H and O–H groups in total. The molecule has 1 aromatic carbocycles. The van der Waals surface area contributed by atoms with E-state index in [0.717, 1.165) is 37.7 Å². The summed E-state index contributed by atoms with van der Waals surface area (Å²) in [6, 6.07) is 8.83. The second kappa shape index (κ2) is 7.81. The topological polar surface area (TPSA) is 78.8 Å². The summed E-state index contributed by atoms with van der Waals surface area (Å²) >= 11 is 0. The fourth-order valence-corrected chi connectivity index (χ4v) is 3.83.